The molecule has 0 aliphatic heterocycles. The highest BCUT2D eigenvalue weighted by atomic mass is 32.1. The van der Waals surface area contributed by atoms with Crippen molar-refractivity contribution < 1.29 is 13.6 Å². The molecule has 3 rings (SSSR count). The van der Waals surface area contributed by atoms with Crippen LogP contribution in [0.25, 0.3) is 10.6 Å². The second-order valence-corrected chi connectivity index (χ2v) is 6.46. The van der Waals surface area contributed by atoms with Crippen LogP contribution in [0.4, 0.5) is 13.9 Å². The maximum absolute atomic E-state index is 12.6. The summed E-state index contributed by atoms with van der Waals surface area (Å²) in [6.07, 6.45) is -0.717. The summed E-state index contributed by atoms with van der Waals surface area (Å²) in [5, 5.41) is 4.80. The van der Waals surface area contributed by atoms with Crippen molar-refractivity contribution in [3.05, 3.63) is 16.1 Å². The third kappa shape index (κ3) is 2.71. The van der Waals surface area contributed by atoms with E-state index >= 15 is 0 Å². The van der Waals surface area contributed by atoms with Crippen molar-refractivity contribution in [2.45, 2.75) is 26.2 Å². The summed E-state index contributed by atoms with van der Waals surface area (Å²) < 4.78 is 25.2. The second kappa shape index (κ2) is 5.17. The number of nitrogens with zero attached hydrogens (tertiary/aromatic N) is 2. The molecule has 0 spiro atoms. The fraction of sp³-hybridized carbons (Fsp3) is 0.417. The van der Waals surface area contributed by atoms with Gasteiger partial charge in [-0.15, -0.1) is 22.7 Å². The highest BCUT2D eigenvalue weighted by Gasteiger charge is 2.30. The fourth-order valence-corrected chi connectivity index (χ4v) is 3.40. The summed E-state index contributed by atoms with van der Waals surface area (Å²) in [7, 11) is 0. The van der Waals surface area contributed by atoms with E-state index in [0.29, 0.717) is 21.4 Å². The van der Waals surface area contributed by atoms with E-state index in [1.54, 1.807) is 12.3 Å². The summed E-state index contributed by atoms with van der Waals surface area (Å²) in [5.74, 6) is 0.0955. The molecule has 20 heavy (non-hydrogen) atoms. The lowest BCUT2D eigenvalue weighted by Crippen LogP contribution is -2.12. The molecule has 1 fully saturated rings. The zero-order valence-corrected chi connectivity index (χ0v) is 12.2. The van der Waals surface area contributed by atoms with Crippen molar-refractivity contribution in [3.63, 3.8) is 0 Å². The molecule has 1 aliphatic rings. The van der Waals surface area contributed by atoms with E-state index in [9.17, 15) is 13.6 Å². The maximum Gasteiger partial charge on any atom is 0.289 e. The normalized spacial score (nSPS) is 14.8. The van der Waals surface area contributed by atoms with E-state index in [1.165, 1.54) is 11.3 Å². The Kier molecular flexibility index (Phi) is 3.51. The summed E-state index contributed by atoms with van der Waals surface area (Å²) in [6, 6.07) is 0. The number of aromatic nitrogens is 2. The highest BCUT2D eigenvalue weighted by Crippen LogP contribution is 2.36. The van der Waals surface area contributed by atoms with Gasteiger partial charge in [0.25, 0.3) is 6.43 Å². The van der Waals surface area contributed by atoms with E-state index in [1.807, 2.05) is 0 Å². The van der Waals surface area contributed by atoms with E-state index in [-0.39, 0.29) is 16.8 Å². The van der Waals surface area contributed by atoms with Crippen molar-refractivity contribution in [1.29, 1.82) is 0 Å². The van der Waals surface area contributed by atoms with E-state index in [0.717, 1.165) is 24.2 Å². The molecule has 2 aromatic heterocycles. The molecule has 2 aromatic rings. The number of hydrogen-bond acceptors (Lipinski definition) is 5. The number of rotatable bonds is 4. The summed E-state index contributed by atoms with van der Waals surface area (Å²) in [6.45, 7) is 1.68. The minimum absolute atomic E-state index is 0.0137. The largest absolute Gasteiger partial charge is 0.302 e. The first-order chi connectivity index (χ1) is 9.54. The van der Waals surface area contributed by atoms with Gasteiger partial charge >= 0.3 is 0 Å². The standard InChI is InChI=1S/C12H11F2N3OS2/c1-5-8(20-11(15-5)9(13)14)7-4-19-12(16-7)17-10(18)6-2-3-6/h4,6,9H,2-3H2,1H3,(H,16,17,18). The Labute approximate surface area is 121 Å². The van der Waals surface area contributed by atoms with Crippen LogP contribution in [0.3, 0.4) is 0 Å². The molecule has 0 radical (unpaired) electrons. The van der Waals surface area contributed by atoms with E-state index in [2.05, 4.69) is 15.3 Å². The molecule has 0 atom stereocenters. The van der Waals surface area contributed by atoms with Crippen LogP contribution in [-0.4, -0.2) is 15.9 Å². The van der Waals surface area contributed by atoms with Crippen molar-refractivity contribution in [3.8, 4) is 10.6 Å². The molecule has 1 aliphatic carbocycles. The SMILES string of the molecule is Cc1nc(C(F)F)sc1-c1csc(NC(=O)C2CC2)n1. The third-order valence-electron chi connectivity index (χ3n) is 2.91. The number of alkyl halides is 2. The van der Waals surface area contributed by atoms with Crippen LogP contribution in [0.1, 0.15) is 30.0 Å². The van der Waals surface area contributed by atoms with Gasteiger partial charge in [-0.05, 0) is 19.8 Å². The molecule has 1 amide bonds. The number of amides is 1. The second-order valence-electron chi connectivity index (χ2n) is 4.57. The molecule has 0 unspecified atom stereocenters. The first-order valence-electron chi connectivity index (χ1n) is 6.07. The number of anilines is 1. The third-order valence-corrected chi connectivity index (χ3v) is 4.86. The predicted molar refractivity (Wildman–Crippen MR) is 74.3 cm³/mol. The molecular formula is C12H11F2N3OS2. The molecule has 4 nitrogen and oxygen atoms in total. The Morgan fingerprint density at radius 2 is 2.20 bits per heavy atom. The van der Waals surface area contributed by atoms with Crippen LogP contribution < -0.4 is 5.32 Å². The van der Waals surface area contributed by atoms with Gasteiger partial charge in [0.15, 0.2) is 10.1 Å². The van der Waals surface area contributed by atoms with Gasteiger partial charge in [0.2, 0.25) is 5.91 Å². The van der Waals surface area contributed by atoms with Gasteiger partial charge in [-0.3, -0.25) is 4.79 Å². The van der Waals surface area contributed by atoms with Crippen LogP contribution in [0, 0.1) is 12.8 Å². The van der Waals surface area contributed by atoms with E-state index in [4.69, 9.17) is 0 Å². The zero-order chi connectivity index (χ0) is 14.3. The van der Waals surface area contributed by atoms with Crippen LogP contribution in [0.15, 0.2) is 5.38 Å². The summed E-state index contributed by atoms with van der Waals surface area (Å²) in [5.41, 5.74) is 1.12. The number of halogens is 2. The number of aryl methyl sites for hydroxylation is 1. The average molecular weight is 315 g/mol. The quantitative estimate of drug-likeness (QED) is 0.932. The zero-order valence-electron chi connectivity index (χ0n) is 10.5. The molecular weight excluding hydrogens is 304 g/mol. The molecule has 8 heteroatoms. The molecule has 1 N–H and O–H groups in total. The number of carbonyl (C=O) groups is 1. The number of thiazole rings is 2. The van der Waals surface area contributed by atoms with Gasteiger partial charge in [-0.1, -0.05) is 0 Å². The molecule has 0 aromatic carbocycles. The lowest BCUT2D eigenvalue weighted by molar-refractivity contribution is -0.117. The Morgan fingerprint density at radius 3 is 2.80 bits per heavy atom. The van der Waals surface area contributed by atoms with Gasteiger partial charge in [0.1, 0.15) is 0 Å². The molecule has 0 bridgehead atoms. The van der Waals surface area contributed by atoms with Gasteiger partial charge in [0, 0.05) is 11.3 Å². The lowest BCUT2D eigenvalue weighted by Gasteiger charge is -1.97. The summed E-state index contributed by atoms with van der Waals surface area (Å²) >= 11 is 2.23. The van der Waals surface area contributed by atoms with Crippen LogP contribution >= 0.6 is 22.7 Å². The molecule has 106 valence electrons. The Bertz CT molecular complexity index is 649. The first kappa shape index (κ1) is 13.6. The van der Waals surface area contributed by atoms with Crippen LogP contribution in [0.2, 0.25) is 0 Å². The van der Waals surface area contributed by atoms with Gasteiger partial charge in [0.05, 0.1) is 16.3 Å². The highest BCUT2D eigenvalue weighted by molar-refractivity contribution is 7.17. The Morgan fingerprint density at radius 1 is 1.45 bits per heavy atom. The first-order valence-corrected chi connectivity index (χ1v) is 7.76. The average Bonchev–Trinajstić information content (AvgIpc) is 3.04. The van der Waals surface area contributed by atoms with Crippen molar-refractivity contribution in [2.75, 3.05) is 5.32 Å². The molecule has 0 saturated heterocycles. The number of carbonyl (C=O) groups excluding carboxylic acids is 1. The Balaban J connectivity index is 1.80. The van der Waals surface area contributed by atoms with Crippen LogP contribution in [-0.2, 0) is 4.79 Å². The molecule has 2 heterocycles. The van der Waals surface area contributed by atoms with Crippen molar-refractivity contribution >= 4 is 33.7 Å². The molecule has 1 saturated carbocycles. The minimum Gasteiger partial charge on any atom is -0.302 e. The maximum atomic E-state index is 12.6. The van der Waals surface area contributed by atoms with Crippen LogP contribution in [0.5, 0.6) is 0 Å². The lowest BCUT2D eigenvalue weighted by atomic mass is 10.3. The topological polar surface area (TPSA) is 54.9 Å². The number of nitrogens with one attached hydrogen (secondary N) is 1. The predicted octanol–water partition coefficient (Wildman–Crippen LogP) is 3.86. The van der Waals surface area contributed by atoms with Gasteiger partial charge in [-0.2, -0.15) is 0 Å². The van der Waals surface area contributed by atoms with Crippen molar-refractivity contribution in [2.24, 2.45) is 5.92 Å². The van der Waals surface area contributed by atoms with Crippen molar-refractivity contribution in [1.82, 2.24) is 9.97 Å². The fourth-order valence-electron chi connectivity index (χ4n) is 1.74. The Hall–Kier alpha value is -1.41. The monoisotopic (exact) mass is 315 g/mol. The van der Waals surface area contributed by atoms with Gasteiger partial charge in [-0.25, -0.2) is 18.7 Å². The summed E-state index contributed by atoms with van der Waals surface area (Å²) in [4.78, 5) is 20.4. The smallest absolute Gasteiger partial charge is 0.289 e. The number of hydrogen-bond donors (Lipinski definition) is 1. The van der Waals surface area contributed by atoms with E-state index < -0.39 is 6.43 Å². The van der Waals surface area contributed by atoms with Gasteiger partial charge < -0.3 is 5.32 Å². The minimum atomic E-state index is -2.57.